The van der Waals surface area contributed by atoms with Gasteiger partial charge in [0.05, 0.1) is 30.6 Å². The lowest BCUT2D eigenvalue weighted by atomic mass is 10.2. The summed E-state index contributed by atoms with van der Waals surface area (Å²) in [4.78, 5) is 20.1. The number of aromatic nitrogens is 2. The van der Waals surface area contributed by atoms with E-state index in [1.807, 2.05) is 5.38 Å². The Labute approximate surface area is 121 Å². The van der Waals surface area contributed by atoms with E-state index < -0.39 is 5.97 Å². The minimum absolute atomic E-state index is 0.0524. The van der Waals surface area contributed by atoms with Crippen LogP contribution in [0.4, 0.5) is 11.5 Å². The second kappa shape index (κ2) is 6.33. The first-order chi connectivity index (χ1) is 9.65. The van der Waals surface area contributed by atoms with Gasteiger partial charge >= 0.3 is 5.97 Å². The van der Waals surface area contributed by atoms with Crippen molar-refractivity contribution in [3.8, 4) is 0 Å². The minimum Gasteiger partial charge on any atom is -0.465 e. The fraction of sp³-hybridized carbons (Fsp3) is 0.308. The van der Waals surface area contributed by atoms with Gasteiger partial charge in [0.1, 0.15) is 10.8 Å². The molecule has 0 aromatic carbocycles. The molecular formula is C13H16N4O2S. The molecule has 1 atom stereocenters. The second-order valence-corrected chi connectivity index (χ2v) is 5.05. The summed E-state index contributed by atoms with van der Waals surface area (Å²) in [6.45, 7) is 2.05. The van der Waals surface area contributed by atoms with Crippen LogP contribution in [0.25, 0.3) is 0 Å². The van der Waals surface area contributed by atoms with E-state index in [0.717, 1.165) is 11.4 Å². The number of carbonyl (C=O) groups is 1. The second-order valence-electron chi connectivity index (χ2n) is 4.12. The molecule has 20 heavy (non-hydrogen) atoms. The first-order valence-corrected chi connectivity index (χ1v) is 7.03. The Bertz CT molecular complexity index is 586. The highest BCUT2D eigenvalue weighted by molar-refractivity contribution is 7.09. The number of carbonyl (C=O) groups excluding carboxylic acids is 1. The van der Waals surface area contributed by atoms with Gasteiger partial charge in [0.2, 0.25) is 0 Å². The predicted molar refractivity (Wildman–Crippen MR) is 78.8 cm³/mol. The van der Waals surface area contributed by atoms with Crippen LogP contribution in [0.3, 0.4) is 0 Å². The van der Waals surface area contributed by atoms with Gasteiger partial charge in [-0.15, -0.1) is 11.3 Å². The van der Waals surface area contributed by atoms with Gasteiger partial charge in [-0.1, -0.05) is 6.92 Å². The van der Waals surface area contributed by atoms with Crippen molar-refractivity contribution in [1.82, 2.24) is 9.97 Å². The monoisotopic (exact) mass is 292 g/mol. The van der Waals surface area contributed by atoms with E-state index in [2.05, 4.69) is 22.2 Å². The third-order valence-corrected chi connectivity index (χ3v) is 3.71. The number of nitrogens with one attached hydrogen (secondary N) is 1. The smallest absolute Gasteiger partial charge is 0.340 e. The number of thiazole rings is 1. The summed E-state index contributed by atoms with van der Waals surface area (Å²) in [6, 6.07) is 1.65. The van der Waals surface area contributed by atoms with Gasteiger partial charge in [-0.3, -0.25) is 0 Å². The zero-order valence-corrected chi connectivity index (χ0v) is 12.1. The van der Waals surface area contributed by atoms with Crippen molar-refractivity contribution in [1.29, 1.82) is 0 Å². The SMILES string of the molecule is CCC(Nc1cc(C(=O)OC)c(N)cn1)c1nccs1. The molecule has 0 fully saturated rings. The van der Waals surface area contributed by atoms with Crippen molar-refractivity contribution in [3.05, 3.63) is 34.4 Å². The molecule has 1 unspecified atom stereocenters. The van der Waals surface area contributed by atoms with Crippen LogP contribution in [0, 0.1) is 0 Å². The predicted octanol–water partition coefficient (Wildman–Crippen LogP) is 2.47. The summed E-state index contributed by atoms with van der Waals surface area (Å²) in [5.74, 6) is 0.0943. The first-order valence-electron chi connectivity index (χ1n) is 6.15. The fourth-order valence-corrected chi connectivity index (χ4v) is 2.53. The highest BCUT2D eigenvalue weighted by Gasteiger charge is 2.15. The Morgan fingerprint density at radius 3 is 2.95 bits per heavy atom. The third-order valence-electron chi connectivity index (χ3n) is 2.82. The molecule has 106 valence electrons. The molecule has 2 aromatic rings. The Morgan fingerprint density at radius 1 is 1.55 bits per heavy atom. The van der Waals surface area contributed by atoms with E-state index in [9.17, 15) is 4.79 Å². The van der Waals surface area contributed by atoms with E-state index in [4.69, 9.17) is 10.5 Å². The quantitative estimate of drug-likeness (QED) is 0.823. The maximum Gasteiger partial charge on any atom is 0.340 e. The molecule has 3 N–H and O–H groups in total. The van der Waals surface area contributed by atoms with Gasteiger partial charge in [0.25, 0.3) is 0 Å². The van der Waals surface area contributed by atoms with Gasteiger partial charge in [-0.05, 0) is 12.5 Å². The van der Waals surface area contributed by atoms with E-state index in [1.54, 1.807) is 23.6 Å². The van der Waals surface area contributed by atoms with Gasteiger partial charge in [-0.25, -0.2) is 14.8 Å². The number of ether oxygens (including phenoxy) is 1. The van der Waals surface area contributed by atoms with E-state index in [0.29, 0.717) is 17.1 Å². The molecule has 2 heterocycles. The van der Waals surface area contributed by atoms with Crippen molar-refractivity contribution in [2.75, 3.05) is 18.2 Å². The number of nitrogen functional groups attached to an aromatic ring is 1. The summed E-state index contributed by atoms with van der Waals surface area (Å²) in [7, 11) is 1.32. The highest BCUT2D eigenvalue weighted by atomic mass is 32.1. The molecule has 0 aliphatic heterocycles. The number of hydrogen-bond donors (Lipinski definition) is 2. The Kier molecular flexibility index (Phi) is 4.52. The van der Waals surface area contributed by atoms with Gasteiger partial charge in [0, 0.05) is 11.6 Å². The molecule has 0 saturated heterocycles. The molecule has 6 nitrogen and oxygen atoms in total. The zero-order chi connectivity index (χ0) is 14.5. The van der Waals surface area contributed by atoms with Crippen molar-refractivity contribution in [2.45, 2.75) is 19.4 Å². The molecule has 0 radical (unpaired) electrons. The molecule has 7 heteroatoms. The number of rotatable bonds is 5. The van der Waals surface area contributed by atoms with Gasteiger partial charge < -0.3 is 15.8 Å². The van der Waals surface area contributed by atoms with Crippen LogP contribution in [-0.2, 0) is 4.74 Å². The fourth-order valence-electron chi connectivity index (χ4n) is 1.76. The first kappa shape index (κ1) is 14.3. The lowest BCUT2D eigenvalue weighted by Gasteiger charge is -2.16. The Balaban J connectivity index is 2.23. The normalized spacial score (nSPS) is 11.9. The van der Waals surface area contributed by atoms with Crippen LogP contribution in [0.2, 0.25) is 0 Å². The zero-order valence-electron chi connectivity index (χ0n) is 11.3. The summed E-state index contributed by atoms with van der Waals surface area (Å²) < 4.78 is 4.69. The number of anilines is 2. The van der Waals surface area contributed by atoms with Crippen LogP contribution in [0.1, 0.15) is 34.8 Å². The van der Waals surface area contributed by atoms with Crippen LogP contribution in [0.5, 0.6) is 0 Å². The number of nitrogens with zero attached hydrogens (tertiary/aromatic N) is 2. The third kappa shape index (κ3) is 3.05. The standard InChI is InChI=1S/C13H16N4O2S/c1-3-10(12-15-4-5-20-12)17-11-6-8(13(18)19-2)9(14)7-16-11/h4-7,10H,3,14H2,1-2H3,(H,16,17). The summed E-state index contributed by atoms with van der Waals surface area (Å²) in [6.07, 6.45) is 4.07. The van der Waals surface area contributed by atoms with Gasteiger partial charge in [0.15, 0.2) is 0 Å². The largest absolute Gasteiger partial charge is 0.465 e. The van der Waals surface area contributed by atoms with Crippen LogP contribution in [0.15, 0.2) is 23.8 Å². The number of hydrogen-bond acceptors (Lipinski definition) is 7. The highest BCUT2D eigenvalue weighted by Crippen LogP contribution is 2.24. The molecule has 0 spiro atoms. The number of methoxy groups -OCH3 is 1. The lowest BCUT2D eigenvalue weighted by Crippen LogP contribution is -2.13. The molecule has 0 bridgehead atoms. The lowest BCUT2D eigenvalue weighted by molar-refractivity contribution is 0.0602. The summed E-state index contributed by atoms with van der Waals surface area (Å²) >= 11 is 1.58. The average Bonchev–Trinajstić information content (AvgIpc) is 2.99. The molecule has 0 amide bonds. The van der Waals surface area contributed by atoms with E-state index in [-0.39, 0.29) is 6.04 Å². The van der Waals surface area contributed by atoms with E-state index in [1.165, 1.54) is 13.3 Å². The van der Waals surface area contributed by atoms with Crippen molar-refractivity contribution < 1.29 is 9.53 Å². The number of esters is 1. The number of pyridine rings is 1. The molecular weight excluding hydrogens is 276 g/mol. The summed E-state index contributed by atoms with van der Waals surface area (Å²) in [5, 5.41) is 6.16. The maximum atomic E-state index is 11.6. The average molecular weight is 292 g/mol. The van der Waals surface area contributed by atoms with Crippen molar-refractivity contribution in [2.24, 2.45) is 0 Å². The maximum absolute atomic E-state index is 11.6. The van der Waals surface area contributed by atoms with Crippen LogP contribution < -0.4 is 11.1 Å². The topological polar surface area (TPSA) is 90.1 Å². The van der Waals surface area contributed by atoms with Gasteiger partial charge in [-0.2, -0.15) is 0 Å². The van der Waals surface area contributed by atoms with Crippen LogP contribution in [-0.4, -0.2) is 23.0 Å². The molecule has 0 aliphatic rings. The molecule has 0 saturated carbocycles. The number of nitrogens with two attached hydrogens (primary N) is 1. The van der Waals surface area contributed by atoms with Crippen LogP contribution >= 0.6 is 11.3 Å². The molecule has 0 aliphatic carbocycles. The Hall–Kier alpha value is -2.15. The van der Waals surface area contributed by atoms with E-state index >= 15 is 0 Å². The minimum atomic E-state index is -0.477. The molecule has 2 rings (SSSR count). The molecule has 2 aromatic heterocycles. The van der Waals surface area contributed by atoms with Crippen molar-refractivity contribution >= 4 is 28.8 Å². The van der Waals surface area contributed by atoms with Crippen molar-refractivity contribution in [3.63, 3.8) is 0 Å². The Morgan fingerprint density at radius 2 is 2.35 bits per heavy atom. The summed E-state index contributed by atoms with van der Waals surface area (Å²) in [5.41, 5.74) is 6.32.